The smallest absolute Gasteiger partial charge is 0.413 e. The van der Waals surface area contributed by atoms with Crippen molar-refractivity contribution < 1.29 is 19.4 Å². The Kier molecular flexibility index (Phi) is 8.91. The number of nitrogens with zero attached hydrogens (tertiary/aromatic N) is 9. The molecule has 1 amide bonds. The van der Waals surface area contributed by atoms with Gasteiger partial charge in [0.1, 0.15) is 23.8 Å². The van der Waals surface area contributed by atoms with Gasteiger partial charge in [-0.3, -0.25) is 14.3 Å². The summed E-state index contributed by atoms with van der Waals surface area (Å²) in [7, 11) is 0. The number of carbonyl (C=O) groups is 1. The van der Waals surface area contributed by atoms with Crippen LogP contribution in [0.3, 0.4) is 0 Å². The molecular formula is C29H29ClN10O5. The van der Waals surface area contributed by atoms with Crippen LogP contribution in [0.5, 0.6) is 0 Å². The number of ether oxygens (including phenoxy) is 2. The number of benzene rings is 1. The molecule has 6 rings (SSSR count). The summed E-state index contributed by atoms with van der Waals surface area (Å²) in [5.41, 5.74) is 2.92. The Morgan fingerprint density at radius 1 is 1.13 bits per heavy atom. The normalized spacial score (nSPS) is 14.0. The third-order valence-electron chi connectivity index (χ3n) is 7.32. The highest BCUT2D eigenvalue weighted by molar-refractivity contribution is 6.31. The van der Waals surface area contributed by atoms with Gasteiger partial charge < -0.3 is 19.6 Å². The van der Waals surface area contributed by atoms with Gasteiger partial charge in [0.15, 0.2) is 0 Å². The van der Waals surface area contributed by atoms with Crippen molar-refractivity contribution in [2.45, 2.75) is 25.8 Å². The molecule has 0 spiro atoms. The lowest BCUT2D eigenvalue weighted by atomic mass is 10.1. The fraction of sp³-hybridized carbons (Fsp3) is 0.310. The van der Waals surface area contributed by atoms with Gasteiger partial charge in [0.05, 0.1) is 55.7 Å². The molecule has 1 aromatic carbocycles. The highest BCUT2D eigenvalue weighted by Crippen LogP contribution is 2.32. The molecule has 15 nitrogen and oxygen atoms in total. The minimum Gasteiger partial charge on any atom is -0.465 e. The van der Waals surface area contributed by atoms with Crippen LogP contribution < -0.4 is 10.5 Å². The number of pyridine rings is 1. The van der Waals surface area contributed by atoms with Gasteiger partial charge in [0, 0.05) is 41.4 Å². The van der Waals surface area contributed by atoms with Gasteiger partial charge in [-0.15, -0.1) is 5.10 Å². The second-order valence-corrected chi connectivity index (χ2v) is 10.5. The van der Waals surface area contributed by atoms with E-state index in [1.165, 1.54) is 17.1 Å². The number of hydrogen-bond acceptors (Lipinski definition) is 10. The van der Waals surface area contributed by atoms with Crippen LogP contribution in [-0.2, 0) is 15.9 Å². The Bertz CT molecular complexity index is 1840. The molecule has 0 saturated carbocycles. The summed E-state index contributed by atoms with van der Waals surface area (Å²) in [5, 5.41) is 21.5. The van der Waals surface area contributed by atoms with Gasteiger partial charge in [-0.1, -0.05) is 11.6 Å². The fourth-order valence-electron chi connectivity index (χ4n) is 5.21. The number of aryl methyl sites for hydroxylation is 1. The summed E-state index contributed by atoms with van der Waals surface area (Å²) in [6.07, 6.45) is 4.78. The Morgan fingerprint density at radius 2 is 2.00 bits per heavy atom. The Hall–Kier alpha value is -4.99. The van der Waals surface area contributed by atoms with Crippen molar-refractivity contribution in [2.24, 2.45) is 0 Å². The third-order valence-corrected chi connectivity index (χ3v) is 7.56. The van der Waals surface area contributed by atoms with E-state index in [2.05, 4.69) is 30.5 Å². The zero-order chi connectivity index (χ0) is 31.3. The number of rotatable bonds is 12. The van der Waals surface area contributed by atoms with E-state index in [1.807, 2.05) is 6.92 Å². The number of hydrogen-bond donors (Lipinski definition) is 2. The van der Waals surface area contributed by atoms with E-state index in [0.717, 1.165) is 4.90 Å². The van der Waals surface area contributed by atoms with Gasteiger partial charge >= 0.3 is 6.09 Å². The van der Waals surface area contributed by atoms with Crippen LogP contribution in [0.15, 0.2) is 59.9 Å². The average Bonchev–Trinajstić information content (AvgIpc) is 3.82. The lowest BCUT2D eigenvalue weighted by Gasteiger charge is -2.18. The first kappa shape index (κ1) is 30.1. The summed E-state index contributed by atoms with van der Waals surface area (Å²) in [6.45, 7) is 3.67. The first-order chi connectivity index (χ1) is 21.9. The molecule has 232 valence electrons. The summed E-state index contributed by atoms with van der Waals surface area (Å²) < 4.78 is 13.8. The third kappa shape index (κ3) is 6.45. The Morgan fingerprint density at radius 3 is 2.76 bits per heavy atom. The molecule has 1 aliphatic rings. The van der Waals surface area contributed by atoms with Gasteiger partial charge in [-0.2, -0.15) is 4.68 Å². The topological polar surface area (TPSA) is 179 Å². The summed E-state index contributed by atoms with van der Waals surface area (Å²) in [5.74, 6) is 1.52. The molecule has 0 radical (unpaired) electrons. The highest BCUT2D eigenvalue weighted by atomic mass is 35.5. The number of H-pyrrole nitrogens is 1. The molecule has 2 N–H and O–H groups in total. The van der Waals surface area contributed by atoms with Gasteiger partial charge in [-0.05, 0) is 54.1 Å². The minimum atomic E-state index is -1.13. The minimum absolute atomic E-state index is 0.129. The predicted molar refractivity (Wildman–Crippen MR) is 163 cm³/mol. The molecule has 5 aromatic rings. The molecule has 1 atom stereocenters. The number of tetrazole rings is 1. The molecular weight excluding hydrogens is 604 g/mol. The van der Waals surface area contributed by atoms with Crippen LogP contribution in [0.4, 0.5) is 10.6 Å². The van der Waals surface area contributed by atoms with Crippen LogP contribution in [0.1, 0.15) is 31.0 Å². The van der Waals surface area contributed by atoms with Crippen LogP contribution >= 0.6 is 11.6 Å². The first-order valence-electron chi connectivity index (χ1n) is 14.3. The monoisotopic (exact) mass is 632 g/mol. The predicted octanol–water partition coefficient (Wildman–Crippen LogP) is 3.40. The number of halogens is 1. The number of aromatic nitrogens is 9. The second kappa shape index (κ2) is 13.3. The van der Waals surface area contributed by atoms with Crippen molar-refractivity contribution in [2.75, 3.05) is 37.9 Å². The quantitative estimate of drug-likeness (QED) is 0.193. The van der Waals surface area contributed by atoms with E-state index < -0.39 is 6.09 Å². The number of nitrogens with one attached hydrogen (secondary N) is 1. The Balaban J connectivity index is 1.19. The van der Waals surface area contributed by atoms with Crippen molar-refractivity contribution >= 4 is 23.5 Å². The van der Waals surface area contributed by atoms with Gasteiger partial charge in [0.25, 0.3) is 5.56 Å². The number of fused-ring (bicyclic) bond motifs is 1. The lowest BCUT2D eigenvalue weighted by molar-refractivity contribution is 0.0555. The van der Waals surface area contributed by atoms with Crippen LogP contribution in [0, 0.1) is 0 Å². The molecule has 45 heavy (non-hydrogen) atoms. The maximum Gasteiger partial charge on any atom is 0.413 e. The lowest BCUT2D eigenvalue weighted by Crippen LogP contribution is -2.33. The van der Waals surface area contributed by atoms with E-state index >= 15 is 0 Å². The van der Waals surface area contributed by atoms with Crippen LogP contribution in [-0.4, -0.2) is 88.9 Å². The van der Waals surface area contributed by atoms with Crippen LogP contribution in [0.2, 0.25) is 5.02 Å². The molecule has 0 saturated heterocycles. The van der Waals surface area contributed by atoms with Gasteiger partial charge in [0.2, 0.25) is 0 Å². The second-order valence-electron chi connectivity index (χ2n) is 10.1. The molecule has 0 bridgehead atoms. The first-order valence-corrected chi connectivity index (χ1v) is 14.6. The SMILES string of the molecule is CCOCCOCCN(C(=O)O)c1ccc(-c2cnc([C@@H]3CCc4nc(-c5cc(Cl)ccc5-n5cnnn5)cc(=O)n43)[nH]2)cn1. The van der Waals surface area contributed by atoms with Crippen molar-refractivity contribution in [3.8, 4) is 28.2 Å². The van der Waals surface area contributed by atoms with Gasteiger partial charge in [-0.25, -0.2) is 19.7 Å². The number of anilines is 1. The fourth-order valence-corrected chi connectivity index (χ4v) is 5.38. The molecule has 5 heterocycles. The molecule has 0 fully saturated rings. The number of aromatic amines is 1. The average molecular weight is 633 g/mol. The zero-order valence-electron chi connectivity index (χ0n) is 24.2. The highest BCUT2D eigenvalue weighted by Gasteiger charge is 2.29. The molecule has 1 aliphatic heterocycles. The Labute approximate surface area is 261 Å². The van der Waals surface area contributed by atoms with E-state index in [-0.39, 0.29) is 30.6 Å². The van der Waals surface area contributed by atoms with E-state index in [1.54, 1.807) is 47.3 Å². The van der Waals surface area contributed by atoms with Crippen molar-refractivity contribution in [3.05, 3.63) is 82.1 Å². The van der Waals surface area contributed by atoms with Crippen LogP contribution in [0.25, 0.3) is 28.2 Å². The zero-order valence-corrected chi connectivity index (χ0v) is 25.0. The number of amides is 1. The standard InChI is InChI=1S/C29H29ClN10O5/c1-2-44-11-12-45-10-9-38(29(42)43)25-7-3-18(15-31-25)22-16-32-28(35-22)24-6-8-26-34-21(14-27(41)40(24)26)20-13-19(30)4-5-23(20)39-17-33-36-37-39/h3-5,7,13-17,24H,2,6,8-12H2,1H3,(H,32,35)(H,42,43)/t24-/m0/s1. The summed E-state index contributed by atoms with van der Waals surface area (Å²) in [6, 6.07) is 9.76. The van der Waals surface area contributed by atoms with Crippen molar-refractivity contribution in [1.29, 1.82) is 0 Å². The number of imidazole rings is 1. The maximum atomic E-state index is 13.5. The van der Waals surface area contributed by atoms with E-state index in [9.17, 15) is 14.7 Å². The summed E-state index contributed by atoms with van der Waals surface area (Å²) >= 11 is 6.29. The molecule has 4 aromatic heterocycles. The molecule has 0 aliphatic carbocycles. The largest absolute Gasteiger partial charge is 0.465 e. The van der Waals surface area contributed by atoms with E-state index in [4.69, 9.17) is 26.1 Å². The molecule has 0 unspecified atom stereocenters. The maximum absolute atomic E-state index is 13.5. The summed E-state index contributed by atoms with van der Waals surface area (Å²) in [4.78, 5) is 43.5. The molecule has 16 heteroatoms. The van der Waals surface area contributed by atoms with Crippen molar-refractivity contribution in [1.82, 2.24) is 44.7 Å². The van der Waals surface area contributed by atoms with E-state index in [0.29, 0.717) is 77.5 Å². The number of carboxylic acid groups (broad SMARTS) is 1. The van der Waals surface area contributed by atoms with Crippen molar-refractivity contribution in [3.63, 3.8) is 0 Å².